The van der Waals surface area contributed by atoms with Gasteiger partial charge in [0.05, 0.1) is 24.3 Å². The Kier molecular flexibility index (Phi) is 8.23. The number of rotatable bonds is 12. The largest absolute Gasteiger partial charge is 0.386 e. The minimum Gasteiger partial charge on any atom is -0.386 e. The number of Topliss-reactive ketones (excluding diaryl/α,β-unsaturated/α-hetero) is 1. The van der Waals surface area contributed by atoms with Crippen molar-refractivity contribution in [2.75, 3.05) is 19.0 Å². The van der Waals surface area contributed by atoms with Crippen molar-refractivity contribution in [1.82, 2.24) is 14.6 Å². The second-order valence-electron chi connectivity index (χ2n) is 8.68. The van der Waals surface area contributed by atoms with Crippen molar-refractivity contribution >= 4 is 44.2 Å². The lowest BCUT2D eigenvalue weighted by Crippen LogP contribution is -2.69. The molecule has 186 valence electrons. The van der Waals surface area contributed by atoms with Gasteiger partial charge < -0.3 is 15.3 Å². The third kappa shape index (κ3) is 6.06. The van der Waals surface area contributed by atoms with E-state index in [1.807, 2.05) is 6.92 Å². The topological polar surface area (TPSA) is 174 Å². The van der Waals surface area contributed by atoms with Gasteiger partial charge in [-0.3, -0.25) is 19.5 Å². The van der Waals surface area contributed by atoms with E-state index in [1.165, 1.54) is 19.2 Å². The fraction of sp³-hybridized carbons (Fsp3) is 0.684. The van der Waals surface area contributed by atoms with Crippen molar-refractivity contribution in [2.45, 2.75) is 65.2 Å². The molecular weight excluding hydrogens is 474 g/mol. The third-order valence-corrected chi connectivity index (χ3v) is 7.35. The lowest BCUT2D eigenvalue weighted by molar-refractivity contribution is -0.156. The van der Waals surface area contributed by atoms with Crippen LogP contribution in [-0.2, 0) is 29.5 Å². The fourth-order valence-electron chi connectivity index (χ4n) is 3.19. The first-order valence-corrected chi connectivity index (χ1v) is 12.5. The van der Waals surface area contributed by atoms with E-state index in [-0.39, 0.29) is 23.0 Å². The van der Waals surface area contributed by atoms with Gasteiger partial charge in [-0.15, -0.1) is 11.3 Å². The van der Waals surface area contributed by atoms with Crippen LogP contribution in [0, 0.1) is 5.92 Å². The summed E-state index contributed by atoms with van der Waals surface area (Å²) >= 11 is 1.10. The number of nitrogens with two attached hydrogens (primary N) is 1. The highest BCUT2D eigenvalue weighted by Crippen LogP contribution is 2.41. The molecule has 1 aliphatic heterocycles. The minimum absolute atomic E-state index is 0.149. The number of amides is 1. The molecule has 12 nitrogen and oxygen atoms in total. The zero-order chi connectivity index (χ0) is 25.2. The molecular formula is C19H31N5O7S2. The van der Waals surface area contributed by atoms with Crippen LogP contribution in [0.15, 0.2) is 10.5 Å². The lowest BCUT2D eigenvalue weighted by atomic mass is 9.75. The van der Waals surface area contributed by atoms with Gasteiger partial charge in [0.1, 0.15) is 5.69 Å². The zero-order valence-electron chi connectivity index (χ0n) is 19.5. The molecule has 2 rings (SSSR count). The Morgan fingerprint density at radius 2 is 2.12 bits per heavy atom. The Morgan fingerprint density at radius 3 is 2.61 bits per heavy atom. The maximum absolute atomic E-state index is 13.1. The molecule has 1 saturated heterocycles. The van der Waals surface area contributed by atoms with Gasteiger partial charge >= 0.3 is 10.3 Å². The standard InChI is InChI=1S/C19H31N5O7S2/c1-7-21-10-30-11(2)19(5,6)31-23-15(13-9-32-17(20)22-13)14(25)8-12-16(26)24(18(12,3)4)33(27,28)29/h9,11-12,21H,7-8,10H2,1-6H3,(H2,20,22)(H,27,28,29)/b23-15-/t11?,12-/m1/s1. The molecule has 1 amide bonds. The van der Waals surface area contributed by atoms with Gasteiger partial charge in [-0.2, -0.15) is 8.42 Å². The molecule has 0 aliphatic carbocycles. The van der Waals surface area contributed by atoms with Crippen LogP contribution in [0.2, 0.25) is 0 Å². The average molecular weight is 506 g/mol. The van der Waals surface area contributed by atoms with Crippen LogP contribution in [0.3, 0.4) is 0 Å². The Balaban J connectivity index is 2.25. The number of ether oxygens (including phenoxy) is 1. The number of nitrogens with one attached hydrogen (secondary N) is 1. The lowest BCUT2D eigenvalue weighted by Gasteiger charge is -2.50. The molecule has 0 spiro atoms. The predicted octanol–water partition coefficient (Wildman–Crippen LogP) is 1.20. The number of anilines is 1. The molecule has 33 heavy (non-hydrogen) atoms. The van der Waals surface area contributed by atoms with E-state index in [0.29, 0.717) is 11.0 Å². The number of ketones is 1. The quantitative estimate of drug-likeness (QED) is 0.0935. The highest BCUT2D eigenvalue weighted by molar-refractivity contribution is 7.84. The van der Waals surface area contributed by atoms with Crippen molar-refractivity contribution in [1.29, 1.82) is 0 Å². The monoisotopic (exact) mass is 505 g/mol. The van der Waals surface area contributed by atoms with Crippen LogP contribution in [0.5, 0.6) is 0 Å². The first-order chi connectivity index (χ1) is 15.1. The van der Waals surface area contributed by atoms with E-state index in [9.17, 15) is 22.6 Å². The molecule has 1 aromatic heterocycles. The van der Waals surface area contributed by atoms with E-state index < -0.39 is 45.2 Å². The van der Waals surface area contributed by atoms with Crippen molar-refractivity contribution in [2.24, 2.45) is 11.1 Å². The van der Waals surface area contributed by atoms with Crippen LogP contribution in [0.1, 0.15) is 53.7 Å². The molecule has 14 heteroatoms. The van der Waals surface area contributed by atoms with Gasteiger partial charge in [0.15, 0.2) is 22.2 Å². The fourth-order valence-corrected chi connectivity index (χ4v) is 4.82. The molecule has 1 unspecified atom stereocenters. The van der Waals surface area contributed by atoms with Crippen molar-refractivity contribution in [3.05, 3.63) is 11.1 Å². The first-order valence-electron chi connectivity index (χ1n) is 10.3. The molecule has 0 aromatic carbocycles. The van der Waals surface area contributed by atoms with E-state index >= 15 is 0 Å². The van der Waals surface area contributed by atoms with Crippen molar-refractivity contribution in [3.8, 4) is 0 Å². The first kappa shape index (κ1) is 27.1. The normalized spacial score (nSPS) is 19.8. The summed E-state index contributed by atoms with van der Waals surface area (Å²) in [6.07, 6.45) is -0.752. The maximum atomic E-state index is 13.1. The van der Waals surface area contributed by atoms with E-state index in [1.54, 1.807) is 20.8 Å². The number of β-lactam (4-membered cyclic amide) rings is 1. The van der Waals surface area contributed by atoms with Crippen LogP contribution < -0.4 is 11.1 Å². The molecule has 2 atom stereocenters. The number of thiazole rings is 1. The van der Waals surface area contributed by atoms with Gasteiger partial charge in [0.25, 0.3) is 0 Å². The second kappa shape index (κ2) is 10.0. The number of hydrogen-bond donors (Lipinski definition) is 3. The number of carbonyl (C=O) groups is 2. The molecule has 0 saturated carbocycles. The Morgan fingerprint density at radius 1 is 1.48 bits per heavy atom. The van der Waals surface area contributed by atoms with Crippen LogP contribution in [-0.4, -0.2) is 70.2 Å². The average Bonchev–Trinajstić information content (AvgIpc) is 3.10. The number of carbonyl (C=O) groups excluding carboxylic acids is 2. The van der Waals surface area contributed by atoms with Gasteiger partial charge in [0, 0.05) is 11.8 Å². The number of oxime groups is 1. The summed E-state index contributed by atoms with van der Waals surface area (Å²) in [5, 5.41) is 8.83. The summed E-state index contributed by atoms with van der Waals surface area (Å²) in [5.74, 6) is -2.44. The smallest absolute Gasteiger partial charge is 0.362 e. The molecule has 0 bridgehead atoms. The van der Waals surface area contributed by atoms with E-state index in [2.05, 4.69) is 15.5 Å². The van der Waals surface area contributed by atoms with Gasteiger partial charge in [-0.25, -0.2) is 9.29 Å². The predicted molar refractivity (Wildman–Crippen MR) is 123 cm³/mol. The number of nitrogen functional groups attached to an aromatic ring is 1. The summed E-state index contributed by atoms with van der Waals surface area (Å²) in [6.45, 7) is 11.2. The molecule has 1 aromatic rings. The summed E-state index contributed by atoms with van der Waals surface area (Å²) < 4.78 is 38.3. The number of aromatic nitrogens is 1. The molecule has 0 radical (unpaired) electrons. The Labute approximate surface area is 197 Å². The molecule has 1 aliphatic rings. The minimum atomic E-state index is -4.74. The summed E-state index contributed by atoms with van der Waals surface area (Å²) in [5.41, 5.74) is 3.52. The van der Waals surface area contributed by atoms with Crippen LogP contribution >= 0.6 is 11.3 Å². The number of nitrogens with zero attached hydrogens (tertiary/aromatic N) is 3. The van der Waals surface area contributed by atoms with Crippen molar-refractivity contribution in [3.63, 3.8) is 0 Å². The van der Waals surface area contributed by atoms with Crippen LogP contribution in [0.4, 0.5) is 5.13 Å². The Bertz CT molecular complexity index is 1020. The highest BCUT2D eigenvalue weighted by Gasteiger charge is 2.59. The maximum Gasteiger partial charge on any atom is 0.362 e. The van der Waals surface area contributed by atoms with Crippen molar-refractivity contribution < 1.29 is 32.1 Å². The highest BCUT2D eigenvalue weighted by atomic mass is 32.2. The molecule has 4 N–H and O–H groups in total. The molecule has 1 fully saturated rings. The van der Waals surface area contributed by atoms with Gasteiger partial charge in [-0.05, 0) is 41.2 Å². The number of hydrogen-bond acceptors (Lipinski definition) is 11. The second-order valence-corrected chi connectivity index (χ2v) is 10.8. The summed E-state index contributed by atoms with van der Waals surface area (Å²) in [6, 6.07) is 0. The zero-order valence-corrected chi connectivity index (χ0v) is 21.1. The van der Waals surface area contributed by atoms with Gasteiger partial charge in [0.2, 0.25) is 5.91 Å². The summed E-state index contributed by atoms with van der Waals surface area (Å²) in [4.78, 5) is 35.2. The Hall–Kier alpha value is -2.13. The van der Waals surface area contributed by atoms with Gasteiger partial charge in [-0.1, -0.05) is 12.1 Å². The molecule has 2 heterocycles. The SMILES string of the molecule is CCNCOC(C)C(C)(C)O/N=C(\C(=O)C[C@@H]1C(=O)N(S(=O)(=O)O)C1(C)C)c1csc(N)n1. The summed E-state index contributed by atoms with van der Waals surface area (Å²) in [7, 11) is -4.74. The van der Waals surface area contributed by atoms with E-state index in [4.69, 9.17) is 15.3 Å². The van der Waals surface area contributed by atoms with Crippen LogP contribution in [0.25, 0.3) is 0 Å². The van der Waals surface area contributed by atoms with E-state index in [0.717, 1.165) is 17.9 Å². The third-order valence-electron chi connectivity index (χ3n) is 5.56.